The number of aromatic nitrogens is 1. The molecule has 0 fully saturated rings. The second-order valence-corrected chi connectivity index (χ2v) is 7.32. The van der Waals surface area contributed by atoms with Gasteiger partial charge >= 0.3 is 11.9 Å². The van der Waals surface area contributed by atoms with E-state index in [1.807, 2.05) is 43.3 Å². The lowest BCUT2D eigenvalue weighted by atomic mass is 10.1. The molecule has 3 aromatic rings. The number of fused-ring (bicyclic) bond motifs is 1. The SMILES string of the molecule is CCOC(=O)CCCOc1ccc2c(c1)c(CC(=O)OC)c(C)n2Cc1ccccc1. The number of methoxy groups -OCH3 is 1. The lowest BCUT2D eigenvalue weighted by Gasteiger charge is -2.10. The highest BCUT2D eigenvalue weighted by Crippen LogP contribution is 2.31. The van der Waals surface area contributed by atoms with E-state index >= 15 is 0 Å². The van der Waals surface area contributed by atoms with Gasteiger partial charge < -0.3 is 18.8 Å². The Morgan fingerprint density at radius 3 is 2.52 bits per heavy atom. The van der Waals surface area contributed by atoms with Crippen LogP contribution in [-0.2, 0) is 32.0 Å². The van der Waals surface area contributed by atoms with Crippen molar-refractivity contribution < 1.29 is 23.8 Å². The summed E-state index contributed by atoms with van der Waals surface area (Å²) in [5.41, 5.74) is 4.20. The van der Waals surface area contributed by atoms with E-state index < -0.39 is 0 Å². The molecule has 6 heteroatoms. The van der Waals surface area contributed by atoms with E-state index in [0.29, 0.717) is 38.3 Å². The van der Waals surface area contributed by atoms with Crippen molar-refractivity contribution in [3.63, 3.8) is 0 Å². The van der Waals surface area contributed by atoms with Gasteiger partial charge in [-0.2, -0.15) is 0 Å². The molecule has 2 aromatic carbocycles. The molecule has 0 saturated carbocycles. The first-order valence-corrected chi connectivity index (χ1v) is 10.5. The summed E-state index contributed by atoms with van der Waals surface area (Å²) in [6, 6.07) is 16.1. The minimum absolute atomic E-state index is 0.201. The summed E-state index contributed by atoms with van der Waals surface area (Å²) in [5, 5.41) is 0.974. The van der Waals surface area contributed by atoms with Gasteiger partial charge in [0.25, 0.3) is 0 Å². The molecule has 1 aromatic heterocycles. The van der Waals surface area contributed by atoms with Crippen LogP contribution in [0, 0.1) is 6.92 Å². The second-order valence-electron chi connectivity index (χ2n) is 7.32. The van der Waals surface area contributed by atoms with Gasteiger partial charge in [-0.05, 0) is 49.6 Å². The molecule has 31 heavy (non-hydrogen) atoms. The monoisotopic (exact) mass is 423 g/mol. The van der Waals surface area contributed by atoms with E-state index in [4.69, 9.17) is 14.2 Å². The molecule has 0 atom stereocenters. The van der Waals surface area contributed by atoms with Crippen molar-refractivity contribution in [2.45, 2.75) is 39.7 Å². The molecule has 3 rings (SSSR count). The number of benzene rings is 2. The molecule has 6 nitrogen and oxygen atoms in total. The number of nitrogens with zero attached hydrogens (tertiary/aromatic N) is 1. The molecular weight excluding hydrogens is 394 g/mol. The van der Waals surface area contributed by atoms with Crippen LogP contribution in [0.15, 0.2) is 48.5 Å². The molecule has 0 unspecified atom stereocenters. The summed E-state index contributed by atoms with van der Waals surface area (Å²) in [5.74, 6) is 0.220. The molecule has 0 saturated heterocycles. The number of hydrogen-bond acceptors (Lipinski definition) is 5. The van der Waals surface area contributed by atoms with Crippen molar-refractivity contribution in [1.82, 2.24) is 4.57 Å². The van der Waals surface area contributed by atoms with E-state index in [0.717, 1.165) is 22.2 Å². The Labute approximate surface area is 182 Å². The molecule has 0 bridgehead atoms. The Bertz CT molecular complexity index is 1040. The summed E-state index contributed by atoms with van der Waals surface area (Å²) >= 11 is 0. The van der Waals surface area contributed by atoms with Crippen molar-refractivity contribution in [1.29, 1.82) is 0 Å². The molecule has 0 amide bonds. The fourth-order valence-corrected chi connectivity index (χ4v) is 3.67. The van der Waals surface area contributed by atoms with Crippen molar-refractivity contribution in [3.05, 3.63) is 65.4 Å². The Morgan fingerprint density at radius 2 is 1.81 bits per heavy atom. The number of esters is 2. The van der Waals surface area contributed by atoms with Crippen LogP contribution in [0.4, 0.5) is 0 Å². The van der Waals surface area contributed by atoms with E-state index in [1.54, 1.807) is 6.92 Å². The lowest BCUT2D eigenvalue weighted by molar-refractivity contribution is -0.143. The van der Waals surface area contributed by atoms with E-state index in [9.17, 15) is 9.59 Å². The summed E-state index contributed by atoms with van der Waals surface area (Å²) in [4.78, 5) is 23.5. The van der Waals surface area contributed by atoms with E-state index in [1.165, 1.54) is 12.7 Å². The third-order valence-electron chi connectivity index (χ3n) is 5.26. The molecule has 0 aliphatic carbocycles. The Balaban J connectivity index is 1.85. The largest absolute Gasteiger partial charge is 0.494 e. The first-order valence-electron chi connectivity index (χ1n) is 10.5. The van der Waals surface area contributed by atoms with Gasteiger partial charge in [-0.3, -0.25) is 9.59 Å². The first kappa shape index (κ1) is 22.4. The quantitative estimate of drug-likeness (QED) is 0.356. The average molecular weight is 424 g/mol. The summed E-state index contributed by atoms with van der Waals surface area (Å²) in [6.07, 6.45) is 1.11. The average Bonchev–Trinajstić information content (AvgIpc) is 3.03. The zero-order valence-electron chi connectivity index (χ0n) is 18.3. The maximum absolute atomic E-state index is 12.1. The smallest absolute Gasteiger partial charge is 0.310 e. The van der Waals surface area contributed by atoms with Crippen LogP contribution in [0.2, 0.25) is 0 Å². The highest BCUT2D eigenvalue weighted by molar-refractivity contribution is 5.90. The van der Waals surface area contributed by atoms with Crippen LogP contribution in [0.3, 0.4) is 0 Å². The number of hydrogen-bond donors (Lipinski definition) is 0. The fourth-order valence-electron chi connectivity index (χ4n) is 3.67. The van der Waals surface area contributed by atoms with Crippen molar-refractivity contribution >= 4 is 22.8 Å². The summed E-state index contributed by atoms with van der Waals surface area (Å²) in [6.45, 7) is 5.34. The Morgan fingerprint density at radius 1 is 1.03 bits per heavy atom. The molecule has 0 N–H and O–H groups in total. The van der Waals surface area contributed by atoms with Crippen LogP contribution in [0.5, 0.6) is 5.75 Å². The van der Waals surface area contributed by atoms with Crippen molar-refractivity contribution in [2.75, 3.05) is 20.3 Å². The van der Waals surface area contributed by atoms with Crippen LogP contribution in [0.1, 0.15) is 36.6 Å². The van der Waals surface area contributed by atoms with Gasteiger partial charge in [0, 0.05) is 29.6 Å². The molecule has 164 valence electrons. The van der Waals surface area contributed by atoms with Crippen LogP contribution in [0.25, 0.3) is 10.9 Å². The fraction of sp³-hybridized carbons (Fsp3) is 0.360. The van der Waals surface area contributed by atoms with Crippen LogP contribution < -0.4 is 4.74 Å². The third-order valence-corrected chi connectivity index (χ3v) is 5.26. The van der Waals surface area contributed by atoms with Gasteiger partial charge in [-0.15, -0.1) is 0 Å². The second kappa shape index (κ2) is 10.7. The topological polar surface area (TPSA) is 66.8 Å². The third kappa shape index (κ3) is 5.66. The van der Waals surface area contributed by atoms with E-state index in [-0.39, 0.29) is 18.4 Å². The van der Waals surface area contributed by atoms with Crippen LogP contribution >= 0.6 is 0 Å². The molecular formula is C25H29NO5. The predicted molar refractivity (Wildman–Crippen MR) is 119 cm³/mol. The maximum atomic E-state index is 12.1. The standard InChI is InChI=1S/C25H29NO5/c1-4-30-24(27)11-8-14-31-20-12-13-23-22(15-20)21(16-25(28)29-3)18(2)26(23)17-19-9-6-5-7-10-19/h5-7,9-10,12-13,15H,4,8,11,14,16-17H2,1-3H3. The molecule has 0 radical (unpaired) electrons. The number of carbonyl (C=O) groups is 2. The van der Waals surface area contributed by atoms with Gasteiger partial charge in [-0.25, -0.2) is 0 Å². The molecule has 0 aliphatic rings. The first-order chi connectivity index (χ1) is 15.0. The van der Waals surface area contributed by atoms with E-state index in [2.05, 4.69) is 16.7 Å². The van der Waals surface area contributed by atoms with Gasteiger partial charge in [0.15, 0.2) is 0 Å². The minimum Gasteiger partial charge on any atom is -0.494 e. The van der Waals surface area contributed by atoms with Gasteiger partial charge in [0.05, 0.1) is 26.7 Å². The number of ether oxygens (including phenoxy) is 3. The number of carbonyl (C=O) groups excluding carboxylic acids is 2. The highest BCUT2D eigenvalue weighted by Gasteiger charge is 2.18. The lowest BCUT2D eigenvalue weighted by Crippen LogP contribution is -2.07. The molecule has 0 aliphatic heterocycles. The Kier molecular flexibility index (Phi) is 7.70. The van der Waals surface area contributed by atoms with Crippen LogP contribution in [-0.4, -0.2) is 36.8 Å². The predicted octanol–water partition coefficient (Wildman–Crippen LogP) is 4.44. The van der Waals surface area contributed by atoms with Gasteiger partial charge in [-0.1, -0.05) is 30.3 Å². The Hall–Kier alpha value is -3.28. The summed E-state index contributed by atoms with van der Waals surface area (Å²) < 4.78 is 17.9. The normalized spacial score (nSPS) is 10.8. The highest BCUT2D eigenvalue weighted by atomic mass is 16.5. The summed E-state index contributed by atoms with van der Waals surface area (Å²) in [7, 11) is 1.40. The molecule has 1 heterocycles. The van der Waals surface area contributed by atoms with Gasteiger partial charge in [0.1, 0.15) is 5.75 Å². The zero-order valence-corrected chi connectivity index (χ0v) is 18.3. The van der Waals surface area contributed by atoms with Gasteiger partial charge in [0.2, 0.25) is 0 Å². The van der Waals surface area contributed by atoms with Crippen molar-refractivity contribution in [2.24, 2.45) is 0 Å². The molecule has 0 spiro atoms. The minimum atomic E-state index is -0.275. The zero-order chi connectivity index (χ0) is 22.2. The maximum Gasteiger partial charge on any atom is 0.310 e. The van der Waals surface area contributed by atoms with Crippen molar-refractivity contribution in [3.8, 4) is 5.75 Å². The number of rotatable bonds is 10.